The predicted molar refractivity (Wildman–Crippen MR) is 70.8 cm³/mol. The summed E-state index contributed by atoms with van der Waals surface area (Å²) in [6.07, 6.45) is -6.85. The maximum atomic E-state index is 11.5. The van der Waals surface area contributed by atoms with Gasteiger partial charge in [-0.05, 0) is 19.1 Å². The van der Waals surface area contributed by atoms with E-state index < -0.39 is 37.3 Å². The molecule has 0 spiro atoms. The van der Waals surface area contributed by atoms with E-state index in [2.05, 4.69) is 0 Å². The van der Waals surface area contributed by atoms with Gasteiger partial charge < -0.3 is 29.9 Å². The van der Waals surface area contributed by atoms with Gasteiger partial charge in [0.1, 0.15) is 30.2 Å². The van der Waals surface area contributed by atoms with Crippen molar-refractivity contribution in [2.24, 2.45) is 0 Å². The third-order valence-corrected chi connectivity index (χ3v) is 3.36. The standard InChI is InChI=1S/C14H18O7/c1-7(16)8-4-2-3-5-9(8)20-14-13(19)12(18)11(17)10(6-15)21-14/h2-5,10-15,17-19H,6H2,1H3/t10-,11+,12-,13-,14-/m0/s1. The average Bonchev–Trinajstić information content (AvgIpc) is 2.48. The minimum atomic E-state index is -1.52. The van der Waals surface area contributed by atoms with Gasteiger partial charge in [-0.3, -0.25) is 4.79 Å². The number of ketones is 1. The van der Waals surface area contributed by atoms with Gasteiger partial charge in [-0.25, -0.2) is 0 Å². The maximum Gasteiger partial charge on any atom is 0.229 e. The lowest BCUT2D eigenvalue weighted by atomic mass is 9.99. The zero-order valence-electron chi connectivity index (χ0n) is 11.4. The molecule has 7 heteroatoms. The van der Waals surface area contributed by atoms with Crippen LogP contribution < -0.4 is 4.74 Å². The van der Waals surface area contributed by atoms with Crippen LogP contribution >= 0.6 is 0 Å². The molecule has 2 rings (SSSR count). The molecule has 1 aromatic carbocycles. The van der Waals surface area contributed by atoms with Crippen LogP contribution in [0.1, 0.15) is 17.3 Å². The van der Waals surface area contributed by atoms with E-state index in [1.165, 1.54) is 13.0 Å². The SMILES string of the molecule is CC(=O)c1ccccc1O[C@H]1O[C@@H](CO)[C@@H](O)[C@H](O)[C@@H]1O. The summed E-state index contributed by atoms with van der Waals surface area (Å²) in [6, 6.07) is 6.39. The molecule has 7 nitrogen and oxygen atoms in total. The van der Waals surface area contributed by atoms with E-state index in [-0.39, 0.29) is 11.5 Å². The topological polar surface area (TPSA) is 116 Å². The van der Waals surface area contributed by atoms with Crippen LogP contribution in [-0.2, 0) is 4.74 Å². The van der Waals surface area contributed by atoms with Gasteiger partial charge in [-0.2, -0.15) is 0 Å². The maximum absolute atomic E-state index is 11.5. The number of Topliss-reactive ketones (excluding diaryl/α,β-unsaturated/α-hetero) is 1. The molecule has 0 bridgehead atoms. The monoisotopic (exact) mass is 298 g/mol. The van der Waals surface area contributed by atoms with Gasteiger partial charge in [0, 0.05) is 0 Å². The van der Waals surface area contributed by atoms with Gasteiger partial charge >= 0.3 is 0 Å². The number of carbonyl (C=O) groups excluding carboxylic acids is 1. The minimum absolute atomic E-state index is 0.189. The van der Waals surface area contributed by atoms with E-state index in [4.69, 9.17) is 14.6 Å². The molecule has 0 saturated carbocycles. The first-order chi connectivity index (χ1) is 9.95. The fourth-order valence-corrected chi connectivity index (χ4v) is 2.15. The van der Waals surface area contributed by atoms with E-state index in [0.717, 1.165) is 0 Å². The highest BCUT2D eigenvalue weighted by Gasteiger charge is 2.44. The third-order valence-electron chi connectivity index (χ3n) is 3.36. The minimum Gasteiger partial charge on any atom is -0.461 e. The second-order valence-electron chi connectivity index (χ2n) is 4.87. The highest BCUT2D eigenvalue weighted by Crippen LogP contribution is 2.26. The van der Waals surface area contributed by atoms with Crippen molar-refractivity contribution in [1.82, 2.24) is 0 Å². The van der Waals surface area contributed by atoms with E-state index in [1.54, 1.807) is 18.2 Å². The summed E-state index contributed by atoms with van der Waals surface area (Å²) in [5.41, 5.74) is 0.300. The average molecular weight is 298 g/mol. The Balaban J connectivity index is 2.20. The van der Waals surface area contributed by atoms with Gasteiger partial charge in [0.05, 0.1) is 12.2 Å². The Hall–Kier alpha value is -1.51. The molecule has 5 atom stereocenters. The Morgan fingerprint density at radius 2 is 1.86 bits per heavy atom. The Kier molecular flexibility index (Phi) is 4.92. The van der Waals surface area contributed by atoms with E-state index in [1.807, 2.05) is 0 Å². The first-order valence-electron chi connectivity index (χ1n) is 6.53. The summed E-state index contributed by atoms with van der Waals surface area (Å²) in [5.74, 6) is -0.0375. The van der Waals surface area contributed by atoms with Gasteiger partial charge in [-0.15, -0.1) is 0 Å². The number of rotatable bonds is 4. The Morgan fingerprint density at radius 1 is 1.19 bits per heavy atom. The van der Waals surface area contributed by atoms with Crippen LogP contribution in [0.15, 0.2) is 24.3 Å². The number of carbonyl (C=O) groups is 1. The van der Waals surface area contributed by atoms with Crippen molar-refractivity contribution in [3.63, 3.8) is 0 Å². The molecular weight excluding hydrogens is 280 g/mol. The Bertz CT molecular complexity index is 502. The highest BCUT2D eigenvalue weighted by atomic mass is 16.7. The van der Waals surface area contributed by atoms with E-state index >= 15 is 0 Å². The van der Waals surface area contributed by atoms with Crippen LogP contribution in [0.4, 0.5) is 0 Å². The summed E-state index contributed by atoms with van der Waals surface area (Å²) in [4.78, 5) is 11.5. The molecule has 1 fully saturated rings. The normalized spacial score (nSPS) is 32.7. The molecule has 0 amide bonds. The Labute approximate surface area is 121 Å². The predicted octanol–water partition coefficient (Wildman–Crippen LogP) is -0.932. The van der Waals surface area contributed by atoms with Crippen molar-refractivity contribution in [2.75, 3.05) is 6.61 Å². The molecular formula is C14H18O7. The molecule has 21 heavy (non-hydrogen) atoms. The second kappa shape index (κ2) is 6.50. The largest absolute Gasteiger partial charge is 0.461 e. The summed E-state index contributed by atoms with van der Waals surface area (Å²) >= 11 is 0. The molecule has 1 aliphatic rings. The lowest BCUT2D eigenvalue weighted by molar-refractivity contribution is -0.277. The van der Waals surface area contributed by atoms with Crippen LogP contribution in [0.2, 0.25) is 0 Å². The number of ether oxygens (including phenoxy) is 2. The van der Waals surface area contributed by atoms with Gasteiger partial charge in [0.25, 0.3) is 0 Å². The van der Waals surface area contributed by atoms with Crippen molar-refractivity contribution >= 4 is 5.78 Å². The second-order valence-corrected chi connectivity index (χ2v) is 4.87. The Morgan fingerprint density at radius 3 is 2.48 bits per heavy atom. The fourth-order valence-electron chi connectivity index (χ4n) is 2.15. The molecule has 116 valence electrons. The summed E-state index contributed by atoms with van der Waals surface area (Å²) < 4.78 is 10.7. The molecule has 0 aliphatic carbocycles. The lowest BCUT2D eigenvalue weighted by Crippen LogP contribution is -2.60. The molecule has 1 saturated heterocycles. The molecule has 1 heterocycles. The number of benzene rings is 1. The number of hydrogen-bond donors (Lipinski definition) is 4. The molecule has 4 N–H and O–H groups in total. The highest BCUT2D eigenvalue weighted by molar-refractivity contribution is 5.96. The van der Waals surface area contributed by atoms with Crippen LogP contribution in [0.5, 0.6) is 5.75 Å². The summed E-state index contributed by atoms with van der Waals surface area (Å²) in [7, 11) is 0. The van der Waals surface area contributed by atoms with Crippen LogP contribution in [-0.4, -0.2) is 63.5 Å². The molecule has 1 aromatic rings. The number of aliphatic hydroxyl groups is 4. The smallest absolute Gasteiger partial charge is 0.229 e. The van der Waals surface area contributed by atoms with Crippen LogP contribution in [0.3, 0.4) is 0 Å². The van der Waals surface area contributed by atoms with E-state index in [0.29, 0.717) is 5.56 Å². The van der Waals surface area contributed by atoms with Gasteiger partial charge in [-0.1, -0.05) is 12.1 Å². The van der Waals surface area contributed by atoms with Crippen molar-refractivity contribution < 1.29 is 34.7 Å². The lowest BCUT2D eigenvalue weighted by Gasteiger charge is -2.39. The van der Waals surface area contributed by atoms with Crippen molar-refractivity contribution in [1.29, 1.82) is 0 Å². The summed E-state index contributed by atoms with van der Waals surface area (Å²) in [6.45, 7) is 0.828. The quantitative estimate of drug-likeness (QED) is 0.530. The van der Waals surface area contributed by atoms with E-state index in [9.17, 15) is 20.1 Å². The third kappa shape index (κ3) is 3.22. The zero-order chi connectivity index (χ0) is 15.6. The van der Waals surface area contributed by atoms with Crippen molar-refractivity contribution in [3.8, 4) is 5.75 Å². The molecule has 0 aromatic heterocycles. The van der Waals surface area contributed by atoms with Crippen molar-refractivity contribution in [2.45, 2.75) is 37.6 Å². The first kappa shape index (κ1) is 15.9. The first-order valence-corrected chi connectivity index (χ1v) is 6.53. The van der Waals surface area contributed by atoms with Crippen molar-refractivity contribution in [3.05, 3.63) is 29.8 Å². The number of hydrogen-bond acceptors (Lipinski definition) is 7. The number of para-hydroxylation sites is 1. The van der Waals surface area contributed by atoms with Gasteiger partial charge in [0.15, 0.2) is 5.78 Å². The molecule has 0 radical (unpaired) electrons. The van der Waals surface area contributed by atoms with Crippen LogP contribution in [0.25, 0.3) is 0 Å². The summed E-state index contributed by atoms with van der Waals surface area (Å²) in [5, 5.41) is 38.4. The van der Waals surface area contributed by atoms with Crippen LogP contribution in [0, 0.1) is 0 Å². The molecule has 1 aliphatic heterocycles. The fraction of sp³-hybridized carbons (Fsp3) is 0.500. The zero-order valence-corrected chi connectivity index (χ0v) is 11.4. The molecule has 0 unspecified atom stereocenters. The number of aliphatic hydroxyl groups excluding tert-OH is 4. The van der Waals surface area contributed by atoms with Gasteiger partial charge in [0.2, 0.25) is 6.29 Å².